The summed E-state index contributed by atoms with van der Waals surface area (Å²) in [6, 6.07) is 8.21. The second kappa shape index (κ2) is 7.06. The van der Waals surface area contributed by atoms with Crippen molar-refractivity contribution in [1.82, 2.24) is 19.9 Å². The molecule has 4 aromatic rings. The molecule has 0 bridgehead atoms. The minimum Gasteiger partial charge on any atom is -0.395 e. The van der Waals surface area contributed by atoms with Crippen LogP contribution in [-0.4, -0.2) is 45.8 Å². The van der Waals surface area contributed by atoms with Crippen LogP contribution in [0.1, 0.15) is 0 Å². The molecule has 0 radical (unpaired) electrons. The summed E-state index contributed by atoms with van der Waals surface area (Å²) in [4.78, 5) is 16.4. The summed E-state index contributed by atoms with van der Waals surface area (Å²) >= 11 is 1.57. The van der Waals surface area contributed by atoms with Crippen LogP contribution in [0.4, 0.5) is 11.6 Å². The van der Waals surface area contributed by atoms with Gasteiger partial charge >= 0.3 is 0 Å². The molecule has 0 amide bonds. The van der Waals surface area contributed by atoms with Crippen LogP contribution in [0.3, 0.4) is 0 Å². The highest BCUT2D eigenvalue weighted by Crippen LogP contribution is 2.28. The number of aliphatic hydroxyl groups excluding tert-OH is 1. The van der Waals surface area contributed by atoms with Crippen molar-refractivity contribution in [3.8, 4) is 11.3 Å². The van der Waals surface area contributed by atoms with Crippen molar-refractivity contribution in [2.45, 2.75) is 4.90 Å². The summed E-state index contributed by atoms with van der Waals surface area (Å²) in [5.74, 6) is 0.0599. The first-order valence-corrected chi connectivity index (χ1v) is 10.6. The molecule has 0 saturated carbocycles. The highest BCUT2D eigenvalue weighted by atomic mass is 32.2. The van der Waals surface area contributed by atoms with Gasteiger partial charge in [0.1, 0.15) is 11.2 Å². The van der Waals surface area contributed by atoms with E-state index in [-0.39, 0.29) is 10.6 Å². The Balaban J connectivity index is 1.66. The Morgan fingerprint density at radius 1 is 1.15 bits per heavy atom. The van der Waals surface area contributed by atoms with E-state index in [1.54, 1.807) is 29.8 Å². The van der Waals surface area contributed by atoms with Gasteiger partial charge in [-0.05, 0) is 35.7 Å². The molecule has 10 heteroatoms. The monoisotopic (exact) mass is 401 g/mol. The van der Waals surface area contributed by atoms with Crippen molar-refractivity contribution in [2.24, 2.45) is 0 Å². The lowest BCUT2D eigenvalue weighted by Gasteiger charge is -2.08. The number of nitrogens with zero attached hydrogens (tertiary/aromatic N) is 3. The van der Waals surface area contributed by atoms with Crippen molar-refractivity contribution in [2.75, 3.05) is 17.7 Å². The number of thiophene rings is 1. The van der Waals surface area contributed by atoms with Gasteiger partial charge in [0.15, 0.2) is 15.5 Å². The summed E-state index contributed by atoms with van der Waals surface area (Å²) in [6.07, 6.45) is 1.57. The van der Waals surface area contributed by atoms with Crippen LogP contribution in [0.25, 0.3) is 22.4 Å². The second-order valence-corrected chi connectivity index (χ2v) is 8.59. The number of sulfone groups is 1. The van der Waals surface area contributed by atoms with E-state index >= 15 is 0 Å². The molecule has 0 spiro atoms. The van der Waals surface area contributed by atoms with Gasteiger partial charge in [-0.25, -0.2) is 18.4 Å². The van der Waals surface area contributed by atoms with E-state index in [2.05, 4.69) is 25.3 Å². The maximum atomic E-state index is 12.0. The molecule has 138 valence electrons. The lowest BCUT2D eigenvalue weighted by atomic mass is 10.2. The number of aliphatic hydroxyl groups is 1. The molecule has 27 heavy (non-hydrogen) atoms. The van der Waals surface area contributed by atoms with Gasteiger partial charge in [-0.15, -0.1) is 0 Å². The SMILES string of the molecule is O=S(=O)(CCO)c1ccc(Nc2nc(-c3ccsc3)c3[nH]cnc3n2)cc1. The first-order valence-electron chi connectivity index (χ1n) is 8.01. The number of hydrogen-bond acceptors (Lipinski definition) is 8. The third kappa shape index (κ3) is 3.54. The number of nitrogens with one attached hydrogen (secondary N) is 2. The number of rotatable bonds is 6. The van der Waals surface area contributed by atoms with Crippen LogP contribution in [0, 0.1) is 0 Å². The van der Waals surface area contributed by atoms with E-state index in [0.717, 1.165) is 16.8 Å². The molecule has 0 saturated heterocycles. The van der Waals surface area contributed by atoms with Crippen molar-refractivity contribution in [1.29, 1.82) is 0 Å². The van der Waals surface area contributed by atoms with Crippen LogP contribution in [0.5, 0.6) is 0 Å². The number of aromatic amines is 1. The van der Waals surface area contributed by atoms with E-state index in [9.17, 15) is 8.42 Å². The number of hydrogen-bond donors (Lipinski definition) is 3. The predicted octanol–water partition coefficient (Wildman–Crippen LogP) is 2.59. The lowest BCUT2D eigenvalue weighted by Crippen LogP contribution is -2.10. The largest absolute Gasteiger partial charge is 0.395 e. The molecule has 3 N–H and O–H groups in total. The van der Waals surface area contributed by atoms with Gasteiger partial charge in [0.2, 0.25) is 5.95 Å². The number of H-pyrrole nitrogens is 1. The summed E-state index contributed by atoms with van der Waals surface area (Å²) in [7, 11) is -3.48. The summed E-state index contributed by atoms with van der Waals surface area (Å²) in [5, 5.41) is 15.9. The zero-order valence-electron chi connectivity index (χ0n) is 14.0. The van der Waals surface area contributed by atoms with Crippen LogP contribution in [-0.2, 0) is 9.84 Å². The number of anilines is 2. The van der Waals surface area contributed by atoms with E-state index in [0.29, 0.717) is 17.3 Å². The van der Waals surface area contributed by atoms with Crippen LogP contribution < -0.4 is 5.32 Å². The zero-order chi connectivity index (χ0) is 18.9. The number of imidazole rings is 1. The Morgan fingerprint density at radius 2 is 1.96 bits per heavy atom. The van der Waals surface area contributed by atoms with Gasteiger partial charge in [-0.2, -0.15) is 16.3 Å². The molecule has 0 atom stereocenters. The Hall–Kier alpha value is -2.82. The average Bonchev–Trinajstić information content (AvgIpc) is 3.33. The maximum Gasteiger partial charge on any atom is 0.229 e. The molecule has 3 heterocycles. The summed E-state index contributed by atoms with van der Waals surface area (Å²) in [6.45, 7) is -0.411. The Labute approximate surface area is 158 Å². The normalized spacial score (nSPS) is 11.7. The predicted molar refractivity (Wildman–Crippen MR) is 104 cm³/mol. The zero-order valence-corrected chi connectivity index (χ0v) is 15.6. The molecule has 0 aliphatic rings. The highest BCUT2D eigenvalue weighted by molar-refractivity contribution is 7.91. The number of fused-ring (bicyclic) bond motifs is 1. The molecule has 8 nitrogen and oxygen atoms in total. The molecular formula is C17H15N5O3S2. The Morgan fingerprint density at radius 3 is 2.67 bits per heavy atom. The van der Waals surface area contributed by atoms with Crippen molar-refractivity contribution in [3.63, 3.8) is 0 Å². The van der Waals surface area contributed by atoms with Gasteiger partial charge in [0.05, 0.1) is 23.6 Å². The minimum atomic E-state index is -3.48. The third-order valence-corrected chi connectivity index (χ3v) is 6.30. The van der Waals surface area contributed by atoms with Crippen molar-refractivity contribution in [3.05, 3.63) is 47.4 Å². The fourth-order valence-electron chi connectivity index (χ4n) is 2.61. The molecule has 0 unspecified atom stereocenters. The van der Waals surface area contributed by atoms with E-state index in [1.807, 2.05) is 16.8 Å². The molecule has 0 aliphatic carbocycles. The fourth-order valence-corrected chi connectivity index (χ4v) is 4.28. The number of benzene rings is 1. The summed E-state index contributed by atoms with van der Waals surface area (Å²) < 4.78 is 24.0. The van der Waals surface area contributed by atoms with Gasteiger partial charge in [-0.1, -0.05) is 0 Å². The topological polar surface area (TPSA) is 121 Å². The van der Waals surface area contributed by atoms with Crippen LogP contribution in [0.15, 0.2) is 52.3 Å². The van der Waals surface area contributed by atoms with E-state index in [4.69, 9.17) is 5.11 Å². The van der Waals surface area contributed by atoms with E-state index < -0.39 is 16.4 Å². The maximum absolute atomic E-state index is 12.0. The lowest BCUT2D eigenvalue weighted by molar-refractivity contribution is 0.319. The molecule has 4 rings (SSSR count). The highest BCUT2D eigenvalue weighted by Gasteiger charge is 2.15. The molecule has 3 aromatic heterocycles. The van der Waals surface area contributed by atoms with Gasteiger partial charge in [0, 0.05) is 16.6 Å². The Kier molecular flexibility index (Phi) is 4.60. The minimum absolute atomic E-state index is 0.157. The average molecular weight is 401 g/mol. The molecule has 0 aliphatic heterocycles. The third-order valence-electron chi connectivity index (χ3n) is 3.91. The van der Waals surface area contributed by atoms with Gasteiger partial charge < -0.3 is 15.4 Å². The standard InChI is InChI=1S/C17H15N5O3S2/c23-6-8-27(24,25)13-3-1-12(2-4-13)20-17-21-14(11-5-7-26-9-11)15-16(22-17)19-10-18-15/h1-5,7,9-10,23H,6,8H2,(H2,18,19,20,21,22). The smallest absolute Gasteiger partial charge is 0.229 e. The van der Waals surface area contributed by atoms with Gasteiger partial charge in [-0.3, -0.25) is 0 Å². The van der Waals surface area contributed by atoms with E-state index in [1.165, 1.54) is 12.1 Å². The van der Waals surface area contributed by atoms with Gasteiger partial charge in [0.25, 0.3) is 0 Å². The molecule has 1 aromatic carbocycles. The molecular weight excluding hydrogens is 386 g/mol. The quantitative estimate of drug-likeness (QED) is 0.454. The molecule has 0 fully saturated rings. The Bertz CT molecular complexity index is 1170. The number of aromatic nitrogens is 4. The van der Waals surface area contributed by atoms with Crippen LogP contribution >= 0.6 is 11.3 Å². The van der Waals surface area contributed by atoms with Crippen molar-refractivity contribution < 1.29 is 13.5 Å². The van der Waals surface area contributed by atoms with Crippen molar-refractivity contribution >= 4 is 44.0 Å². The first kappa shape index (κ1) is 17.6. The fraction of sp³-hybridized carbons (Fsp3) is 0.118. The first-order chi connectivity index (χ1) is 13.1. The second-order valence-electron chi connectivity index (χ2n) is 5.70. The summed E-state index contributed by atoms with van der Waals surface area (Å²) in [5.41, 5.74) is 3.64. The van der Waals surface area contributed by atoms with Crippen LogP contribution in [0.2, 0.25) is 0 Å².